The molecule has 3 rings (SSSR count). The molecule has 2 aliphatic rings. The molecule has 8 nitrogen and oxygen atoms in total. The average molecular weight is 388 g/mol. The van der Waals surface area contributed by atoms with Crippen molar-refractivity contribution in [1.82, 2.24) is 15.6 Å². The number of piperidine rings is 1. The Hall–Kier alpha value is -2.69. The van der Waals surface area contributed by atoms with Crippen LogP contribution in [-0.4, -0.2) is 60.2 Å². The number of nitrogens with one attached hydrogen (secondary N) is 2. The Bertz CT molecular complexity index is 688. The van der Waals surface area contributed by atoms with E-state index in [0.717, 1.165) is 37.6 Å². The summed E-state index contributed by atoms with van der Waals surface area (Å²) in [5, 5.41) is 12.8. The molecule has 0 saturated carbocycles. The molecule has 1 aromatic heterocycles. The summed E-state index contributed by atoms with van der Waals surface area (Å²) < 4.78 is 31.7. The number of rotatable bonds is 2. The molecule has 27 heavy (non-hydrogen) atoms. The van der Waals surface area contributed by atoms with Gasteiger partial charge in [0.05, 0.1) is 5.92 Å². The fourth-order valence-corrected chi connectivity index (χ4v) is 2.70. The van der Waals surface area contributed by atoms with E-state index < -0.39 is 12.1 Å². The maximum atomic E-state index is 11.8. The first-order chi connectivity index (χ1) is 12.7. The van der Waals surface area contributed by atoms with Gasteiger partial charge in [0.15, 0.2) is 0 Å². The summed E-state index contributed by atoms with van der Waals surface area (Å²) in [6.45, 7) is 3.84. The third kappa shape index (κ3) is 5.91. The number of halogens is 3. The van der Waals surface area contributed by atoms with Crippen molar-refractivity contribution in [3.05, 3.63) is 23.9 Å². The normalized spacial score (nSPS) is 20.4. The second kappa shape index (κ2) is 8.80. The van der Waals surface area contributed by atoms with Crippen molar-refractivity contribution in [2.24, 2.45) is 0 Å². The number of carboxylic acids is 1. The number of carboxylic acid groups (broad SMARTS) is 1. The van der Waals surface area contributed by atoms with Crippen molar-refractivity contribution in [3.63, 3.8) is 0 Å². The number of amides is 2. The van der Waals surface area contributed by atoms with Gasteiger partial charge in [0.2, 0.25) is 11.8 Å². The van der Waals surface area contributed by atoms with Gasteiger partial charge in [0, 0.05) is 38.8 Å². The van der Waals surface area contributed by atoms with Crippen molar-refractivity contribution < 1.29 is 32.7 Å². The van der Waals surface area contributed by atoms with E-state index in [4.69, 9.17) is 9.90 Å². The number of nitrogens with zero attached hydrogens (tertiary/aromatic N) is 2. The van der Waals surface area contributed by atoms with Crippen molar-refractivity contribution in [2.75, 3.05) is 31.1 Å². The van der Waals surface area contributed by atoms with Crippen LogP contribution in [0, 0.1) is 0 Å². The second-order valence-electron chi connectivity index (χ2n) is 5.99. The summed E-state index contributed by atoms with van der Waals surface area (Å²) in [5.41, 5.74) is 0.883. The number of alkyl halides is 3. The SMILES string of the molecule is O=C(O)C(F)(F)F.O=C1CCC(c2ccc(N3CCNCC3)nc2)C(=O)N1. The largest absolute Gasteiger partial charge is 0.490 e. The Balaban J connectivity index is 0.000000321. The van der Waals surface area contributed by atoms with E-state index in [-0.39, 0.29) is 17.7 Å². The van der Waals surface area contributed by atoms with E-state index in [9.17, 15) is 22.8 Å². The molecule has 2 amide bonds. The zero-order chi connectivity index (χ0) is 20.0. The molecule has 11 heteroatoms. The van der Waals surface area contributed by atoms with Crippen LogP contribution in [0.3, 0.4) is 0 Å². The third-order valence-corrected chi connectivity index (χ3v) is 4.10. The number of carbonyl (C=O) groups is 3. The number of piperazine rings is 1. The van der Waals surface area contributed by atoms with Gasteiger partial charge in [-0.25, -0.2) is 9.78 Å². The smallest absolute Gasteiger partial charge is 0.475 e. The Morgan fingerprint density at radius 1 is 1.22 bits per heavy atom. The van der Waals surface area contributed by atoms with Crippen LogP contribution in [-0.2, 0) is 14.4 Å². The van der Waals surface area contributed by atoms with Gasteiger partial charge < -0.3 is 15.3 Å². The molecule has 2 saturated heterocycles. The molecule has 0 bridgehead atoms. The van der Waals surface area contributed by atoms with Crippen molar-refractivity contribution in [1.29, 1.82) is 0 Å². The Morgan fingerprint density at radius 2 is 1.85 bits per heavy atom. The van der Waals surface area contributed by atoms with Crippen LogP contribution in [0.15, 0.2) is 18.3 Å². The number of aliphatic carboxylic acids is 1. The molecule has 3 N–H and O–H groups in total. The van der Waals surface area contributed by atoms with Gasteiger partial charge in [-0.3, -0.25) is 14.9 Å². The maximum absolute atomic E-state index is 11.8. The fraction of sp³-hybridized carbons (Fsp3) is 0.500. The average Bonchev–Trinajstić information content (AvgIpc) is 2.62. The van der Waals surface area contributed by atoms with Crippen LogP contribution in [0.1, 0.15) is 24.3 Å². The molecule has 148 valence electrons. The first-order valence-corrected chi connectivity index (χ1v) is 8.24. The first-order valence-electron chi connectivity index (χ1n) is 8.24. The number of hydrogen-bond acceptors (Lipinski definition) is 6. The van der Waals surface area contributed by atoms with Gasteiger partial charge in [0.1, 0.15) is 5.82 Å². The van der Waals surface area contributed by atoms with Crippen LogP contribution in [0.5, 0.6) is 0 Å². The Labute approximate surface area is 152 Å². The van der Waals surface area contributed by atoms with E-state index in [0.29, 0.717) is 12.8 Å². The van der Waals surface area contributed by atoms with Crippen LogP contribution in [0.2, 0.25) is 0 Å². The standard InChI is InChI=1S/C14H18N4O2.C2HF3O2/c19-13-4-2-11(14(20)17-13)10-1-3-12(16-9-10)18-7-5-15-6-8-18;3-2(4,5)1(6)7/h1,3,9,11,15H,2,4-8H2,(H,17,19,20);(H,6,7). The lowest BCUT2D eigenvalue weighted by Crippen LogP contribution is -2.44. The highest BCUT2D eigenvalue weighted by molar-refractivity contribution is 6.00. The summed E-state index contributed by atoms with van der Waals surface area (Å²) in [4.78, 5) is 38.6. The lowest BCUT2D eigenvalue weighted by Gasteiger charge is -2.28. The van der Waals surface area contributed by atoms with Gasteiger partial charge in [0.25, 0.3) is 0 Å². The Kier molecular flexibility index (Phi) is 6.72. The van der Waals surface area contributed by atoms with E-state index in [1.165, 1.54) is 0 Å². The predicted molar refractivity (Wildman–Crippen MR) is 88.1 cm³/mol. The highest BCUT2D eigenvalue weighted by Crippen LogP contribution is 2.25. The van der Waals surface area contributed by atoms with Gasteiger partial charge in [-0.05, 0) is 18.1 Å². The van der Waals surface area contributed by atoms with Crippen LogP contribution in [0.4, 0.5) is 19.0 Å². The molecule has 1 aromatic rings. The van der Waals surface area contributed by atoms with E-state index >= 15 is 0 Å². The second-order valence-corrected chi connectivity index (χ2v) is 5.99. The number of imide groups is 1. The van der Waals surface area contributed by atoms with E-state index in [1.807, 2.05) is 12.1 Å². The van der Waals surface area contributed by atoms with Crippen molar-refractivity contribution >= 4 is 23.6 Å². The van der Waals surface area contributed by atoms with Gasteiger partial charge in [-0.2, -0.15) is 13.2 Å². The number of anilines is 1. The van der Waals surface area contributed by atoms with E-state index in [1.54, 1.807) is 6.20 Å². The van der Waals surface area contributed by atoms with Crippen molar-refractivity contribution in [3.8, 4) is 0 Å². The molecule has 1 atom stereocenters. The summed E-state index contributed by atoms with van der Waals surface area (Å²) in [6, 6.07) is 3.91. The fourth-order valence-electron chi connectivity index (χ4n) is 2.70. The van der Waals surface area contributed by atoms with Gasteiger partial charge >= 0.3 is 12.1 Å². The molecular weight excluding hydrogens is 369 g/mol. The molecule has 0 radical (unpaired) electrons. The zero-order valence-electron chi connectivity index (χ0n) is 14.3. The molecule has 0 aromatic carbocycles. The first kappa shape index (κ1) is 20.6. The van der Waals surface area contributed by atoms with Gasteiger partial charge in [-0.1, -0.05) is 6.07 Å². The summed E-state index contributed by atoms with van der Waals surface area (Å²) in [6.07, 6.45) is -2.35. The quantitative estimate of drug-likeness (QED) is 0.638. The summed E-state index contributed by atoms with van der Waals surface area (Å²) in [5.74, 6) is -2.46. The highest BCUT2D eigenvalue weighted by atomic mass is 19.4. The Morgan fingerprint density at radius 3 is 2.33 bits per heavy atom. The molecule has 0 aliphatic carbocycles. The number of aromatic nitrogens is 1. The van der Waals surface area contributed by atoms with Crippen LogP contribution in [0.25, 0.3) is 0 Å². The monoisotopic (exact) mass is 388 g/mol. The molecule has 2 aliphatic heterocycles. The molecule has 3 heterocycles. The minimum Gasteiger partial charge on any atom is -0.475 e. The molecular formula is C16H19F3N4O4. The minimum atomic E-state index is -5.08. The van der Waals surface area contributed by atoms with Crippen LogP contribution < -0.4 is 15.5 Å². The van der Waals surface area contributed by atoms with Gasteiger partial charge in [-0.15, -0.1) is 0 Å². The topological polar surface area (TPSA) is 112 Å². The number of pyridine rings is 1. The maximum Gasteiger partial charge on any atom is 0.490 e. The third-order valence-electron chi connectivity index (χ3n) is 4.10. The van der Waals surface area contributed by atoms with E-state index in [2.05, 4.69) is 20.5 Å². The molecule has 2 fully saturated rings. The van der Waals surface area contributed by atoms with Crippen LogP contribution >= 0.6 is 0 Å². The summed E-state index contributed by atoms with van der Waals surface area (Å²) >= 11 is 0. The minimum absolute atomic E-state index is 0.184. The number of carbonyl (C=O) groups excluding carboxylic acids is 2. The summed E-state index contributed by atoms with van der Waals surface area (Å²) in [7, 11) is 0. The lowest BCUT2D eigenvalue weighted by atomic mass is 9.92. The van der Waals surface area contributed by atoms with Crippen molar-refractivity contribution in [2.45, 2.75) is 24.9 Å². The molecule has 0 spiro atoms. The zero-order valence-corrected chi connectivity index (χ0v) is 14.3. The predicted octanol–water partition coefficient (Wildman–Crippen LogP) is 0.645. The lowest BCUT2D eigenvalue weighted by molar-refractivity contribution is -0.192. The highest BCUT2D eigenvalue weighted by Gasteiger charge is 2.38. The number of hydrogen-bond donors (Lipinski definition) is 3. The molecule has 1 unspecified atom stereocenters.